The van der Waals surface area contributed by atoms with Crippen molar-refractivity contribution in [3.05, 3.63) is 29.6 Å². The summed E-state index contributed by atoms with van der Waals surface area (Å²) >= 11 is 6.16. The van der Waals surface area contributed by atoms with E-state index in [2.05, 4.69) is 12.2 Å². The molecule has 0 saturated heterocycles. The number of halogens is 2. The number of nitrogens with one attached hydrogen (secondary N) is 1. The van der Waals surface area contributed by atoms with Gasteiger partial charge in [-0.2, -0.15) is 0 Å². The van der Waals surface area contributed by atoms with Gasteiger partial charge >= 0.3 is 0 Å². The summed E-state index contributed by atoms with van der Waals surface area (Å²) < 4.78 is 18.9. The summed E-state index contributed by atoms with van der Waals surface area (Å²) in [5.41, 5.74) is 0.620. The molecule has 0 heterocycles. The van der Waals surface area contributed by atoms with E-state index in [-0.39, 0.29) is 11.4 Å². The molecule has 0 amide bonds. The van der Waals surface area contributed by atoms with Crippen molar-refractivity contribution in [1.29, 1.82) is 0 Å². The van der Waals surface area contributed by atoms with Gasteiger partial charge in [0, 0.05) is 29.6 Å². The first-order valence-electron chi connectivity index (χ1n) is 7.22. The highest BCUT2D eigenvalue weighted by atomic mass is 35.5. The van der Waals surface area contributed by atoms with Crippen molar-refractivity contribution < 1.29 is 9.13 Å². The molecule has 1 aliphatic rings. The van der Waals surface area contributed by atoms with Gasteiger partial charge in [-0.25, -0.2) is 4.39 Å². The maximum atomic E-state index is 13.9. The van der Waals surface area contributed by atoms with Crippen LogP contribution >= 0.6 is 11.6 Å². The second kappa shape index (κ2) is 6.77. The summed E-state index contributed by atoms with van der Waals surface area (Å²) in [5.74, 6) is 1.67. The molecule has 0 aromatic heterocycles. The number of benzene rings is 1. The second-order valence-electron chi connectivity index (χ2n) is 5.91. The third kappa shape index (κ3) is 3.64. The molecule has 112 valence electrons. The molecular weight excluding hydrogens is 277 g/mol. The van der Waals surface area contributed by atoms with Gasteiger partial charge in [0.25, 0.3) is 0 Å². The fraction of sp³-hybridized carbons (Fsp3) is 0.625. The highest BCUT2D eigenvalue weighted by molar-refractivity contribution is 6.18. The third-order valence-electron chi connectivity index (χ3n) is 4.40. The predicted octanol–water partition coefficient (Wildman–Crippen LogP) is 4.11. The molecule has 1 N–H and O–H groups in total. The van der Waals surface area contributed by atoms with Crippen LogP contribution in [0, 0.1) is 11.7 Å². The number of rotatable bonds is 5. The van der Waals surface area contributed by atoms with E-state index in [1.165, 1.54) is 18.9 Å². The molecule has 1 fully saturated rings. The first-order chi connectivity index (χ1) is 9.58. The van der Waals surface area contributed by atoms with Crippen molar-refractivity contribution in [2.24, 2.45) is 5.92 Å². The zero-order valence-electron chi connectivity index (χ0n) is 12.2. The Balaban J connectivity index is 2.00. The lowest BCUT2D eigenvalue weighted by Gasteiger charge is -2.39. The van der Waals surface area contributed by atoms with Gasteiger partial charge in [-0.1, -0.05) is 13.0 Å². The normalized spacial score (nSPS) is 26.5. The zero-order valence-corrected chi connectivity index (χ0v) is 13.0. The maximum Gasteiger partial charge on any atom is 0.131 e. The average molecular weight is 300 g/mol. The lowest BCUT2D eigenvalue weighted by molar-refractivity contribution is 0.215. The van der Waals surface area contributed by atoms with Gasteiger partial charge in [-0.3, -0.25) is 0 Å². The lowest BCUT2D eigenvalue weighted by atomic mass is 9.78. The molecule has 20 heavy (non-hydrogen) atoms. The van der Waals surface area contributed by atoms with Crippen LogP contribution in [0.3, 0.4) is 0 Å². The van der Waals surface area contributed by atoms with Crippen molar-refractivity contribution in [3.8, 4) is 5.75 Å². The summed E-state index contributed by atoms with van der Waals surface area (Å²) in [5, 5.41) is 3.49. The molecule has 0 atom stereocenters. The van der Waals surface area contributed by atoms with Crippen LogP contribution in [0.1, 0.15) is 38.2 Å². The molecule has 2 rings (SSSR count). The summed E-state index contributed by atoms with van der Waals surface area (Å²) in [6.45, 7) is 2.79. The van der Waals surface area contributed by atoms with Crippen LogP contribution in [-0.4, -0.2) is 18.5 Å². The van der Waals surface area contributed by atoms with Crippen LogP contribution in [0.2, 0.25) is 0 Å². The topological polar surface area (TPSA) is 21.3 Å². The molecule has 0 spiro atoms. The quantitative estimate of drug-likeness (QED) is 0.826. The van der Waals surface area contributed by atoms with Crippen molar-refractivity contribution in [2.75, 3.05) is 13.0 Å². The molecule has 1 aliphatic carbocycles. The Bertz CT molecular complexity index is 444. The zero-order chi connectivity index (χ0) is 14.6. The third-order valence-corrected chi connectivity index (χ3v) is 4.91. The van der Waals surface area contributed by atoms with Gasteiger partial charge < -0.3 is 10.1 Å². The van der Waals surface area contributed by atoms with E-state index in [1.54, 1.807) is 19.2 Å². The average Bonchev–Trinajstić information content (AvgIpc) is 2.48. The summed E-state index contributed by atoms with van der Waals surface area (Å²) in [7, 11) is 1.54. The molecular formula is C16H23ClFNO. The van der Waals surface area contributed by atoms with Crippen molar-refractivity contribution in [2.45, 2.75) is 44.7 Å². The van der Waals surface area contributed by atoms with Gasteiger partial charge in [0.05, 0.1) is 7.11 Å². The molecule has 0 radical (unpaired) electrons. The van der Waals surface area contributed by atoms with Crippen molar-refractivity contribution >= 4 is 11.6 Å². The Labute approximate surface area is 125 Å². The Hall–Kier alpha value is -0.800. The van der Waals surface area contributed by atoms with Crippen LogP contribution in [-0.2, 0) is 6.54 Å². The number of alkyl halides is 1. The van der Waals surface area contributed by atoms with Crippen LogP contribution in [0.15, 0.2) is 18.2 Å². The van der Waals surface area contributed by atoms with Crippen LogP contribution in [0.5, 0.6) is 5.75 Å². The predicted molar refractivity (Wildman–Crippen MR) is 80.9 cm³/mol. The first kappa shape index (κ1) is 15.6. The van der Waals surface area contributed by atoms with E-state index in [4.69, 9.17) is 16.3 Å². The largest absolute Gasteiger partial charge is 0.497 e. The van der Waals surface area contributed by atoms with Gasteiger partial charge in [0.1, 0.15) is 11.6 Å². The van der Waals surface area contributed by atoms with Crippen molar-refractivity contribution in [1.82, 2.24) is 5.32 Å². The van der Waals surface area contributed by atoms with Gasteiger partial charge in [0.2, 0.25) is 0 Å². The summed E-state index contributed by atoms with van der Waals surface area (Å²) in [6.07, 6.45) is 4.50. The molecule has 4 heteroatoms. The fourth-order valence-corrected chi connectivity index (χ4v) is 3.12. The monoisotopic (exact) mass is 299 g/mol. The Morgan fingerprint density at radius 3 is 2.65 bits per heavy atom. The van der Waals surface area contributed by atoms with Crippen molar-refractivity contribution in [3.63, 3.8) is 0 Å². The minimum Gasteiger partial charge on any atom is -0.497 e. The molecule has 0 aliphatic heterocycles. The Kier molecular flexibility index (Phi) is 5.28. The van der Waals surface area contributed by atoms with E-state index in [0.717, 1.165) is 18.8 Å². The smallest absolute Gasteiger partial charge is 0.131 e. The Morgan fingerprint density at radius 1 is 1.40 bits per heavy atom. The SMILES string of the molecule is COc1ccc(CNC2(CCl)CCC(C)CC2)c(F)c1. The summed E-state index contributed by atoms with van der Waals surface area (Å²) in [6, 6.07) is 4.98. The number of ether oxygens (including phenoxy) is 1. The van der Waals surface area contributed by atoms with Gasteiger partial charge in [0.15, 0.2) is 0 Å². The van der Waals surface area contributed by atoms with E-state index in [1.807, 2.05) is 0 Å². The lowest BCUT2D eigenvalue weighted by Crippen LogP contribution is -2.49. The van der Waals surface area contributed by atoms with E-state index < -0.39 is 0 Å². The molecule has 0 unspecified atom stereocenters. The van der Waals surface area contributed by atoms with E-state index >= 15 is 0 Å². The molecule has 1 aromatic rings. The number of hydrogen-bond acceptors (Lipinski definition) is 2. The van der Waals surface area contributed by atoms with Crippen LogP contribution < -0.4 is 10.1 Å². The molecule has 2 nitrogen and oxygen atoms in total. The van der Waals surface area contributed by atoms with E-state index in [9.17, 15) is 4.39 Å². The number of hydrogen-bond donors (Lipinski definition) is 1. The molecule has 1 aromatic carbocycles. The van der Waals surface area contributed by atoms with Gasteiger partial charge in [-0.15, -0.1) is 11.6 Å². The summed E-state index contributed by atoms with van der Waals surface area (Å²) in [4.78, 5) is 0. The fourth-order valence-electron chi connectivity index (χ4n) is 2.75. The highest BCUT2D eigenvalue weighted by Gasteiger charge is 2.32. The Morgan fingerprint density at radius 2 is 2.10 bits per heavy atom. The maximum absolute atomic E-state index is 13.9. The van der Waals surface area contributed by atoms with E-state index in [0.29, 0.717) is 23.7 Å². The minimum absolute atomic E-state index is 0.0412. The minimum atomic E-state index is -0.231. The van der Waals surface area contributed by atoms with Gasteiger partial charge in [-0.05, 0) is 37.7 Å². The van der Waals surface area contributed by atoms with Crippen LogP contribution in [0.4, 0.5) is 4.39 Å². The van der Waals surface area contributed by atoms with Crippen LogP contribution in [0.25, 0.3) is 0 Å². The molecule has 0 bridgehead atoms. The first-order valence-corrected chi connectivity index (χ1v) is 7.75. The number of methoxy groups -OCH3 is 1. The second-order valence-corrected chi connectivity index (χ2v) is 6.17. The molecule has 1 saturated carbocycles. The highest BCUT2D eigenvalue weighted by Crippen LogP contribution is 2.33. The standard InChI is InChI=1S/C16H23ClFNO/c1-12-5-7-16(11-17,8-6-12)19-10-13-3-4-14(20-2)9-15(13)18/h3-4,9,12,19H,5-8,10-11H2,1-2H3.